The summed E-state index contributed by atoms with van der Waals surface area (Å²) in [5.74, 6) is -7.39. The molecule has 0 unspecified atom stereocenters. The Kier molecular flexibility index (Phi) is 3.90. The highest BCUT2D eigenvalue weighted by Gasteiger charge is 2.48. The molecule has 84 valence electrons. The van der Waals surface area contributed by atoms with E-state index in [0.717, 1.165) is 0 Å². The van der Waals surface area contributed by atoms with Gasteiger partial charge in [-0.2, -0.15) is 22.0 Å². The number of hydrogen-bond donors (Lipinski definition) is 0. The molecule has 0 fully saturated rings. The van der Waals surface area contributed by atoms with Gasteiger partial charge in [-0.1, -0.05) is 0 Å². The molecule has 0 saturated carbocycles. The second-order valence-corrected chi connectivity index (χ2v) is 2.46. The van der Waals surface area contributed by atoms with Crippen molar-refractivity contribution in [3.63, 3.8) is 0 Å². The fourth-order valence-electron chi connectivity index (χ4n) is 0.544. The third-order valence-corrected chi connectivity index (χ3v) is 1.28. The van der Waals surface area contributed by atoms with Crippen LogP contribution < -0.4 is 0 Å². The second-order valence-electron chi connectivity index (χ2n) is 2.46. The first-order valence-electron chi connectivity index (χ1n) is 3.33. The fraction of sp³-hybridized carbons (Fsp3) is 0.833. The molecule has 0 radical (unpaired) electrons. The van der Waals surface area contributed by atoms with Gasteiger partial charge < -0.3 is 0 Å². The monoisotopic (exact) mass is 226 g/mol. The minimum Gasteiger partial charge on any atom is -0.293 e. The third kappa shape index (κ3) is 3.93. The molecule has 0 amide bonds. The van der Waals surface area contributed by atoms with Crippen molar-refractivity contribution < 1.29 is 35.5 Å². The molecule has 0 atom stereocenters. The Morgan fingerprint density at radius 2 is 1.50 bits per heavy atom. The van der Waals surface area contributed by atoms with Gasteiger partial charge in [0.05, 0.1) is 6.42 Å². The average molecular weight is 226 g/mol. The van der Waals surface area contributed by atoms with Crippen molar-refractivity contribution >= 4 is 5.78 Å². The molecule has 14 heavy (non-hydrogen) atoms. The van der Waals surface area contributed by atoms with Crippen LogP contribution in [0.1, 0.15) is 12.8 Å². The molecule has 0 aromatic rings. The average Bonchev–Trinajstić information content (AvgIpc) is 1.98. The van der Waals surface area contributed by atoms with Crippen molar-refractivity contribution in [1.29, 1.82) is 0 Å². The maximum atomic E-state index is 12.0. The molecule has 0 aromatic heterocycles. The van der Waals surface area contributed by atoms with Crippen LogP contribution in [0, 0.1) is 0 Å². The van der Waals surface area contributed by atoms with E-state index in [4.69, 9.17) is 0 Å². The van der Waals surface area contributed by atoms with Gasteiger partial charge in [0.2, 0.25) is 5.78 Å². The van der Waals surface area contributed by atoms with E-state index in [2.05, 4.69) is 0 Å². The number of Topliss-reactive ketones (excluding diaryl/α,β-unsaturated/α-hetero) is 1. The fourth-order valence-corrected chi connectivity index (χ4v) is 0.544. The zero-order valence-electron chi connectivity index (χ0n) is 6.55. The number of carbonyl (C=O) groups excluding carboxylic acids is 1. The molecule has 0 spiro atoms. The van der Waals surface area contributed by atoms with E-state index in [1.54, 1.807) is 0 Å². The topological polar surface area (TPSA) is 17.1 Å². The lowest BCUT2D eigenvalue weighted by Gasteiger charge is -2.13. The van der Waals surface area contributed by atoms with E-state index in [-0.39, 0.29) is 0 Å². The molecule has 0 aliphatic rings. The highest BCUT2D eigenvalue weighted by atomic mass is 19.4. The van der Waals surface area contributed by atoms with Crippen LogP contribution in [0.4, 0.5) is 30.7 Å². The third-order valence-electron chi connectivity index (χ3n) is 1.28. The summed E-state index contributed by atoms with van der Waals surface area (Å²) in [4.78, 5) is 10.2. The lowest BCUT2D eigenvalue weighted by molar-refractivity contribution is -0.173. The van der Waals surface area contributed by atoms with E-state index in [1.807, 2.05) is 0 Å². The number of rotatable bonds is 4. The van der Waals surface area contributed by atoms with Crippen LogP contribution in [-0.4, -0.2) is 24.3 Å². The minimum atomic E-state index is -4.99. The highest BCUT2D eigenvalue weighted by molar-refractivity contribution is 5.86. The van der Waals surface area contributed by atoms with Gasteiger partial charge >= 0.3 is 18.5 Å². The molecule has 0 saturated heterocycles. The van der Waals surface area contributed by atoms with Crippen molar-refractivity contribution in [3.05, 3.63) is 0 Å². The van der Waals surface area contributed by atoms with Crippen LogP contribution in [0.5, 0.6) is 0 Å². The van der Waals surface area contributed by atoms with Gasteiger partial charge in [0.25, 0.3) is 0 Å². The van der Waals surface area contributed by atoms with Crippen LogP contribution in [0.25, 0.3) is 0 Å². The Balaban J connectivity index is 4.23. The first-order valence-corrected chi connectivity index (χ1v) is 3.33. The van der Waals surface area contributed by atoms with Crippen molar-refractivity contribution in [3.8, 4) is 0 Å². The molecule has 0 aromatic carbocycles. The van der Waals surface area contributed by atoms with E-state index in [0.29, 0.717) is 0 Å². The maximum Gasteiger partial charge on any atom is 0.389 e. The molecule has 0 aliphatic heterocycles. The lowest BCUT2D eigenvalue weighted by atomic mass is 10.1. The van der Waals surface area contributed by atoms with Crippen molar-refractivity contribution in [1.82, 2.24) is 0 Å². The van der Waals surface area contributed by atoms with Crippen molar-refractivity contribution in [2.75, 3.05) is 0 Å². The SMILES string of the molecule is O=C(CCC(F)(F)F)C(F)(F)C(F)F. The van der Waals surface area contributed by atoms with E-state index < -0.39 is 37.1 Å². The molecule has 0 aliphatic carbocycles. The minimum absolute atomic E-state index is 1.64. The van der Waals surface area contributed by atoms with Gasteiger partial charge in [0.15, 0.2) is 0 Å². The largest absolute Gasteiger partial charge is 0.389 e. The Hall–Kier alpha value is -0.820. The number of ketones is 1. The number of hydrogen-bond acceptors (Lipinski definition) is 1. The smallest absolute Gasteiger partial charge is 0.293 e. The van der Waals surface area contributed by atoms with Gasteiger partial charge in [-0.05, 0) is 0 Å². The Bertz CT molecular complexity index is 207. The molecule has 1 nitrogen and oxygen atoms in total. The predicted molar refractivity (Wildman–Crippen MR) is 31.2 cm³/mol. The summed E-state index contributed by atoms with van der Waals surface area (Å²) in [6.07, 6.45) is -12.5. The quantitative estimate of drug-likeness (QED) is 0.673. The van der Waals surface area contributed by atoms with E-state index >= 15 is 0 Å². The van der Waals surface area contributed by atoms with Crippen LogP contribution in [0.2, 0.25) is 0 Å². The molecule has 8 heteroatoms. The molecular formula is C6H5F7O. The summed E-state index contributed by atoms with van der Waals surface area (Å²) >= 11 is 0. The Labute approximate surface area is 73.9 Å². The van der Waals surface area contributed by atoms with Gasteiger partial charge in [-0.25, -0.2) is 8.78 Å². The Morgan fingerprint density at radius 1 is 1.07 bits per heavy atom. The molecule has 0 heterocycles. The summed E-state index contributed by atoms with van der Waals surface area (Å²) in [5.41, 5.74) is 0. The number of halogens is 7. The normalized spacial score (nSPS) is 13.4. The van der Waals surface area contributed by atoms with Gasteiger partial charge in [0.1, 0.15) is 0 Å². The molecular weight excluding hydrogens is 221 g/mol. The van der Waals surface area contributed by atoms with Crippen LogP contribution in [-0.2, 0) is 4.79 Å². The number of alkyl halides is 7. The summed E-state index contributed by atoms with van der Waals surface area (Å²) in [6, 6.07) is 0. The summed E-state index contributed by atoms with van der Waals surface area (Å²) < 4.78 is 81.2. The van der Waals surface area contributed by atoms with Gasteiger partial charge in [-0.3, -0.25) is 4.79 Å². The summed E-state index contributed by atoms with van der Waals surface area (Å²) in [7, 11) is 0. The maximum absolute atomic E-state index is 12.0. The molecule has 0 N–H and O–H groups in total. The van der Waals surface area contributed by atoms with Crippen LogP contribution in [0.15, 0.2) is 0 Å². The van der Waals surface area contributed by atoms with Crippen LogP contribution >= 0.6 is 0 Å². The predicted octanol–water partition coefficient (Wildman–Crippen LogP) is 2.80. The number of carbonyl (C=O) groups is 1. The van der Waals surface area contributed by atoms with Gasteiger partial charge in [0, 0.05) is 6.42 Å². The van der Waals surface area contributed by atoms with E-state index in [9.17, 15) is 35.5 Å². The first-order chi connectivity index (χ1) is 6.07. The standard InChI is InChI=1S/C6H5F7O/c7-4(8)6(12,13)3(14)1-2-5(9,10)11/h4H,1-2H2. The molecule has 0 rings (SSSR count). The summed E-state index contributed by atoms with van der Waals surface area (Å²) in [6.45, 7) is 0. The molecule has 0 bridgehead atoms. The zero-order valence-corrected chi connectivity index (χ0v) is 6.55. The van der Waals surface area contributed by atoms with E-state index in [1.165, 1.54) is 0 Å². The van der Waals surface area contributed by atoms with Crippen LogP contribution in [0.3, 0.4) is 0 Å². The van der Waals surface area contributed by atoms with Crippen molar-refractivity contribution in [2.45, 2.75) is 31.4 Å². The second kappa shape index (κ2) is 4.14. The Morgan fingerprint density at radius 3 is 1.79 bits per heavy atom. The lowest BCUT2D eigenvalue weighted by Crippen LogP contribution is -2.37. The van der Waals surface area contributed by atoms with Gasteiger partial charge in [-0.15, -0.1) is 0 Å². The highest BCUT2D eigenvalue weighted by Crippen LogP contribution is 2.29. The van der Waals surface area contributed by atoms with Crippen molar-refractivity contribution in [2.24, 2.45) is 0 Å². The summed E-state index contributed by atoms with van der Waals surface area (Å²) in [5, 5.41) is 0. The first kappa shape index (κ1) is 13.2. The zero-order chi connectivity index (χ0) is 11.6.